The summed E-state index contributed by atoms with van der Waals surface area (Å²) in [7, 11) is 0. The van der Waals surface area contributed by atoms with Gasteiger partial charge < -0.3 is 11.2 Å². The minimum Gasteiger partial charge on any atom is -0.412 e. The number of anilines is 1. The van der Waals surface area contributed by atoms with Gasteiger partial charge in [0.1, 0.15) is 23.3 Å². The average molecular weight is 313 g/mol. The van der Waals surface area contributed by atoms with Gasteiger partial charge in [0.2, 0.25) is 0 Å². The molecule has 2 heterocycles. The fourth-order valence-electron chi connectivity index (χ4n) is 2.12. The monoisotopic (exact) mass is 313 g/mol. The average Bonchev–Trinajstić information content (AvgIpc) is 3.01. The van der Waals surface area contributed by atoms with Crippen molar-refractivity contribution in [2.24, 2.45) is 0 Å². The zero-order valence-corrected chi connectivity index (χ0v) is 12.2. The quantitative estimate of drug-likeness (QED) is 0.786. The molecule has 110 valence electrons. The van der Waals surface area contributed by atoms with Crippen LogP contribution in [0.15, 0.2) is 47.8 Å². The standard InChI is InChI=1S/C16H10FN3S.H2O/c17-13-5-2-1-4-10(13)11-8-14(15-6-3-7-21-15)20-16(19)12(11)9-18;/h1-8H,(H2,19,20);1H2. The number of rotatable bonds is 2. The van der Waals surface area contributed by atoms with E-state index in [1.54, 1.807) is 24.3 Å². The Kier molecular flexibility index (Phi) is 4.51. The van der Waals surface area contributed by atoms with Gasteiger partial charge >= 0.3 is 0 Å². The minimum absolute atomic E-state index is 0. The summed E-state index contributed by atoms with van der Waals surface area (Å²) in [6.07, 6.45) is 0. The van der Waals surface area contributed by atoms with E-state index in [9.17, 15) is 9.65 Å². The lowest BCUT2D eigenvalue weighted by atomic mass is 9.99. The summed E-state index contributed by atoms with van der Waals surface area (Å²) in [5.74, 6) is -0.279. The molecular formula is C16H12FN3OS. The van der Waals surface area contributed by atoms with Gasteiger partial charge in [0.15, 0.2) is 0 Å². The summed E-state index contributed by atoms with van der Waals surface area (Å²) in [5, 5.41) is 11.2. The zero-order valence-electron chi connectivity index (χ0n) is 11.4. The van der Waals surface area contributed by atoms with Crippen molar-refractivity contribution in [3.63, 3.8) is 0 Å². The lowest BCUT2D eigenvalue weighted by molar-refractivity contribution is 0.631. The molecule has 0 unspecified atom stereocenters. The van der Waals surface area contributed by atoms with Gasteiger partial charge in [-0.15, -0.1) is 11.3 Å². The van der Waals surface area contributed by atoms with Gasteiger partial charge in [-0.1, -0.05) is 24.3 Å². The molecule has 0 aliphatic carbocycles. The molecule has 0 saturated heterocycles. The first-order valence-electron chi connectivity index (χ1n) is 6.20. The van der Waals surface area contributed by atoms with E-state index in [1.165, 1.54) is 17.4 Å². The van der Waals surface area contributed by atoms with E-state index >= 15 is 0 Å². The predicted molar refractivity (Wildman–Crippen MR) is 85.7 cm³/mol. The molecule has 0 bridgehead atoms. The third kappa shape index (κ3) is 2.68. The van der Waals surface area contributed by atoms with Crippen LogP contribution < -0.4 is 5.73 Å². The maximum atomic E-state index is 14.0. The van der Waals surface area contributed by atoms with Crippen molar-refractivity contribution in [1.29, 1.82) is 5.26 Å². The van der Waals surface area contributed by atoms with Crippen molar-refractivity contribution in [1.82, 2.24) is 4.98 Å². The minimum atomic E-state index is -0.392. The third-order valence-electron chi connectivity index (χ3n) is 3.10. The number of nitrogens with two attached hydrogens (primary N) is 1. The van der Waals surface area contributed by atoms with Crippen LogP contribution in [0.2, 0.25) is 0 Å². The highest BCUT2D eigenvalue weighted by molar-refractivity contribution is 7.13. The van der Waals surface area contributed by atoms with Crippen LogP contribution in [0.3, 0.4) is 0 Å². The van der Waals surface area contributed by atoms with Crippen molar-refractivity contribution in [3.05, 3.63) is 59.2 Å². The first-order valence-corrected chi connectivity index (χ1v) is 7.08. The zero-order chi connectivity index (χ0) is 14.8. The Labute approximate surface area is 130 Å². The molecule has 0 aliphatic rings. The Bertz CT molecular complexity index is 841. The van der Waals surface area contributed by atoms with Crippen molar-refractivity contribution >= 4 is 17.2 Å². The Morgan fingerprint density at radius 3 is 2.55 bits per heavy atom. The molecule has 0 radical (unpaired) electrons. The summed E-state index contributed by atoms with van der Waals surface area (Å²) >= 11 is 1.51. The number of nitrogen functional groups attached to an aromatic ring is 1. The number of halogens is 1. The predicted octanol–water partition coefficient (Wildman–Crippen LogP) is 3.25. The Balaban J connectivity index is 0.00000176. The van der Waals surface area contributed by atoms with Gasteiger partial charge in [-0.05, 0) is 23.6 Å². The van der Waals surface area contributed by atoms with Crippen LogP contribution in [0.4, 0.5) is 10.2 Å². The van der Waals surface area contributed by atoms with E-state index in [4.69, 9.17) is 5.73 Å². The SMILES string of the molecule is N#Cc1c(-c2ccccc2F)cc(-c2cccs2)nc1N.O. The third-order valence-corrected chi connectivity index (χ3v) is 3.99. The molecule has 0 spiro atoms. The molecule has 0 atom stereocenters. The maximum Gasteiger partial charge on any atom is 0.142 e. The van der Waals surface area contributed by atoms with Crippen molar-refractivity contribution in [3.8, 4) is 27.8 Å². The largest absolute Gasteiger partial charge is 0.412 e. The van der Waals surface area contributed by atoms with Crippen LogP contribution in [-0.2, 0) is 0 Å². The lowest BCUT2D eigenvalue weighted by Gasteiger charge is -2.10. The van der Waals surface area contributed by atoms with Crippen molar-refractivity contribution < 1.29 is 9.87 Å². The number of aromatic nitrogens is 1. The topological polar surface area (TPSA) is 94.2 Å². The van der Waals surface area contributed by atoms with Crippen LogP contribution in [0.5, 0.6) is 0 Å². The molecule has 0 amide bonds. The van der Waals surface area contributed by atoms with E-state index in [1.807, 2.05) is 23.6 Å². The van der Waals surface area contributed by atoms with Crippen molar-refractivity contribution in [2.75, 3.05) is 5.73 Å². The first kappa shape index (κ1) is 15.6. The normalized spacial score (nSPS) is 9.82. The molecular weight excluding hydrogens is 301 g/mol. The molecule has 1 aromatic carbocycles. The molecule has 4 nitrogen and oxygen atoms in total. The number of nitrogens with zero attached hydrogens (tertiary/aromatic N) is 2. The van der Waals surface area contributed by atoms with E-state index in [0.717, 1.165) is 4.88 Å². The summed E-state index contributed by atoms with van der Waals surface area (Å²) < 4.78 is 14.0. The molecule has 0 fully saturated rings. The Morgan fingerprint density at radius 2 is 1.91 bits per heavy atom. The molecule has 22 heavy (non-hydrogen) atoms. The van der Waals surface area contributed by atoms with Crippen LogP contribution in [0, 0.1) is 17.1 Å². The van der Waals surface area contributed by atoms with Gasteiger partial charge in [0.05, 0.1) is 10.6 Å². The van der Waals surface area contributed by atoms with Gasteiger partial charge in [0.25, 0.3) is 0 Å². The highest BCUT2D eigenvalue weighted by Gasteiger charge is 2.16. The van der Waals surface area contributed by atoms with Gasteiger partial charge in [0, 0.05) is 11.1 Å². The second-order valence-electron chi connectivity index (χ2n) is 4.38. The second kappa shape index (κ2) is 6.35. The number of nitriles is 1. The highest BCUT2D eigenvalue weighted by atomic mass is 32.1. The summed E-state index contributed by atoms with van der Waals surface area (Å²) in [6.45, 7) is 0. The maximum absolute atomic E-state index is 14.0. The number of hydrogen-bond acceptors (Lipinski definition) is 4. The van der Waals surface area contributed by atoms with Crippen LogP contribution in [0.25, 0.3) is 21.7 Å². The molecule has 0 aliphatic heterocycles. The number of thiophene rings is 1. The molecule has 3 rings (SSSR count). The summed E-state index contributed by atoms with van der Waals surface area (Å²) in [5.41, 5.74) is 7.52. The van der Waals surface area contributed by atoms with Crippen LogP contribution in [-0.4, -0.2) is 10.5 Å². The van der Waals surface area contributed by atoms with Crippen LogP contribution >= 0.6 is 11.3 Å². The van der Waals surface area contributed by atoms with E-state index in [0.29, 0.717) is 16.8 Å². The van der Waals surface area contributed by atoms with E-state index in [2.05, 4.69) is 4.98 Å². The van der Waals surface area contributed by atoms with Gasteiger partial charge in [-0.3, -0.25) is 0 Å². The van der Waals surface area contributed by atoms with Crippen molar-refractivity contribution in [2.45, 2.75) is 0 Å². The number of pyridine rings is 1. The van der Waals surface area contributed by atoms with E-state index < -0.39 is 5.82 Å². The van der Waals surface area contributed by atoms with E-state index in [-0.39, 0.29) is 16.9 Å². The highest BCUT2D eigenvalue weighted by Crippen LogP contribution is 2.33. The lowest BCUT2D eigenvalue weighted by Crippen LogP contribution is -2.00. The summed E-state index contributed by atoms with van der Waals surface area (Å²) in [6, 6.07) is 13.8. The molecule has 0 saturated carbocycles. The van der Waals surface area contributed by atoms with Gasteiger partial charge in [-0.2, -0.15) is 5.26 Å². The fourth-order valence-corrected chi connectivity index (χ4v) is 2.81. The fraction of sp³-hybridized carbons (Fsp3) is 0. The number of benzene rings is 1. The molecule has 6 heteroatoms. The van der Waals surface area contributed by atoms with Gasteiger partial charge in [-0.25, -0.2) is 9.37 Å². The molecule has 4 N–H and O–H groups in total. The second-order valence-corrected chi connectivity index (χ2v) is 5.33. The molecule has 2 aromatic heterocycles. The smallest absolute Gasteiger partial charge is 0.142 e. The Morgan fingerprint density at radius 1 is 1.14 bits per heavy atom. The Hall–Kier alpha value is -2.75. The number of hydrogen-bond donors (Lipinski definition) is 1. The summed E-state index contributed by atoms with van der Waals surface area (Å²) in [4.78, 5) is 5.17. The van der Waals surface area contributed by atoms with Crippen LogP contribution in [0.1, 0.15) is 5.56 Å². The molecule has 3 aromatic rings. The first-order chi connectivity index (χ1) is 10.2.